The van der Waals surface area contributed by atoms with Crippen molar-refractivity contribution in [3.63, 3.8) is 0 Å². The van der Waals surface area contributed by atoms with Crippen molar-refractivity contribution in [3.05, 3.63) is 24.1 Å². The van der Waals surface area contributed by atoms with E-state index in [-0.39, 0.29) is 30.4 Å². The summed E-state index contributed by atoms with van der Waals surface area (Å²) in [5, 5.41) is 8.49. The van der Waals surface area contributed by atoms with E-state index in [1.54, 1.807) is 6.92 Å². The van der Waals surface area contributed by atoms with Crippen LogP contribution in [0.15, 0.2) is 22.6 Å². The van der Waals surface area contributed by atoms with E-state index in [1.165, 1.54) is 0 Å². The number of benzene rings is 1. The number of rotatable bonds is 3. The molecular weight excluding hydrogens is 400 g/mol. The number of hydrogen-bond donors (Lipinski definition) is 0. The molecule has 164 valence electrons. The smallest absolute Gasteiger partial charge is 0.247 e. The number of aromatic nitrogens is 2. The van der Waals surface area contributed by atoms with Crippen molar-refractivity contribution < 1.29 is 23.5 Å². The lowest BCUT2D eigenvalue weighted by Crippen LogP contribution is -2.46. The van der Waals surface area contributed by atoms with Crippen molar-refractivity contribution in [3.8, 4) is 23.0 Å². The standard InChI is InChI=1S/C22H26N4O5/c1-14(27)25-9-6-15(7-10-25)22(28)26-8-2-3-17(12-26)21-24-23-20(31-21)16-4-5-18-19(11-16)30-13-29-18/h4-5,11,15,17H,2-3,6-10,12-13H2,1H3. The predicted octanol–water partition coefficient (Wildman–Crippen LogP) is 2.43. The molecule has 2 aromatic rings. The average Bonchev–Trinajstić information content (AvgIpc) is 3.48. The minimum absolute atomic E-state index is 0.0128. The predicted molar refractivity (Wildman–Crippen MR) is 109 cm³/mol. The Labute approximate surface area is 180 Å². The first-order chi connectivity index (χ1) is 15.1. The Morgan fingerprint density at radius 2 is 1.81 bits per heavy atom. The van der Waals surface area contributed by atoms with E-state index in [4.69, 9.17) is 13.9 Å². The van der Waals surface area contributed by atoms with Crippen LogP contribution in [-0.4, -0.2) is 64.8 Å². The van der Waals surface area contributed by atoms with E-state index in [0.29, 0.717) is 42.9 Å². The summed E-state index contributed by atoms with van der Waals surface area (Å²) >= 11 is 0. The molecule has 1 unspecified atom stereocenters. The van der Waals surface area contributed by atoms with Crippen molar-refractivity contribution in [1.29, 1.82) is 0 Å². The third kappa shape index (κ3) is 3.96. The van der Waals surface area contributed by atoms with Crippen LogP contribution in [-0.2, 0) is 9.59 Å². The molecule has 4 heterocycles. The SMILES string of the molecule is CC(=O)N1CCC(C(=O)N2CCCC(c3nnc(-c4ccc5c(c4)OCO5)o3)C2)CC1. The second-order valence-electron chi connectivity index (χ2n) is 8.42. The lowest BCUT2D eigenvalue weighted by Gasteiger charge is -2.36. The monoisotopic (exact) mass is 426 g/mol. The van der Waals surface area contributed by atoms with Crippen LogP contribution >= 0.6 is 0 Å². The van der Waals surface area contributed by atoms with Gasteiger partial charge in [0.1, 0.15) is 0 Å². The van der Waals surface area contributed by atoms with Crippen molar-refractivity contribution in [2.75, 3.05) is 33.0 Å². The number of nitrogens with zero attached hydrogens (tertiary/aromatic N) is 4. The molecule has 31 heavy (non-hydrogen) atoms. The maximum absolute atomic E-state index is 13.1. The van der Waals surface area contributed by atoms with Gasteiger partial charge in [0.25, 0.3) is 0 Å². The van der Waals surface area contributed by atoms with Crippen LogP contribution in [0.2, 0.25) is 0 Å². The largest absolute Gasteiger partial charge is 0.454 e. The fraction of sp³-hybridized carbons (Fsp3) is 0.545. The molecule has 5 rings (SSSR count). The molecule has 1 atom stereocenters. The number of fused-ring (bicyclic) bond motifs is 1. The number of carbonyl (C=O) groups excluding carboxylic acids is 2. The van der Waals surface area contributed by atoms with Crippen LogP contribution < -0.4 is 9.47 Å². The number of ether oxygens (including phenoxy) is 2. The van der Waals surface area contributed by atoms with Crippen LogP contribution in [0.1, 0.15) is 44.4 Å². The second-order valence-corrected chi connectivity index (χ2v) is 8.42. The molecule has 3 aliphatic rings. The topological polar surface area (TPSA) is 98.0 Å². The summed E-state index contributed by atoms with van der Waals surface area (Å²) in [6, 6.07) is 5.54. The number of likely N-dealkylation sites (tertiary alicyclic amines) is 2. The summed E-state index contributed by atoms with van der Waals surface area (Å²) in [6.45, 7) is 4.46. The summed E-state index contributed by atoms with van der Waals surface area (Å²) < 4.78 is 16.8. The Hall–Kier alpha value is -3.10. The Morgan fingerprint density at radius 3 is 2.61 bits per heavy atom. The van der Waals surface area contributed by atoms with E-state index in [2.05, 4.69) is 10.2 Å². The van der Waals surface area contributed by atoms with Gasteiger partial charge in [0.2, 0.25) is 30.4 Å². The van der Waals surface area contributed by atoms with E-state index >= 15 is 0 Å². The molecular formula is C22H26N4O5. The lowest BCUT2D eigenvalue weighted by molar-refractivity contribution is -0.141. The molecule has 0 aliphatic carbocycles. The first kappa shape index (κ1) is 19.8. The van der Waals surface area contributed by atoms with Gasteiger partial charge >= 0.3 is 0 Å². The van der Waals surface area contributed by atoms with Crippen molar-refractivity contribution >= 4 is 11.8 Å². The Balaban J connectivity index is 1.24. The third-order valence-electron chi connectivity index (χ3n) is 6.43. The zero-order valence-corrected chi connectivity index (χ0v) is 17.6. The molecule has 2 fully saturated rings. The average molecular weight is 426 g/mol. The lowest BCUT2D eigenvalue weighted by atomic mass is 9.92. The normalized spacial score (nSPS) is 21.4. The van der Waals surface area contributed by atoms with Gasteiger partial charge in [0, 0.05) is 44.6 Å². The summed E-state index contributed by atoms with van der Waals surface area (Å²) in [5.41, 5.74) is 0.781. The van der Waals surface area contributed by atoms with Gasteiger partial charge in [-0.1, -0.05) is 0 Å². The summed E-state index contributed by atoms with van der Waals surface area (Å²) in [7, 11) is 0. The van der Waals surface area contributed by atoms with Crippen LogP contribution in [0.25, 0.3) is 11.5 Å². The minimum atomic E-state index is -0.0128. The molecule has 9 heteroatoms. The Bertz CT molecular complexity index is 982. The fourth-order valence-corrected chi connectivity index (χ4v) is 4.62. The molecule has 1 aromatic carbocycles. The number of hydrogen-bond acceptors (Lipinski definition) is 7. The summed E-state index contributed by atoms with van der Waals surface area (Å²) in [5.74, 6) is 2.67. The van der Waals surface area contributed by atoms with Crippen LogP contribution in [0.5, 0.6) is 11.5 Å². The van der Waals surface area contributed by atoms with Gasteiger partial charge in [-0.2, -0.15) is 0 Å². The third-order valence-corrected chi connectivity index (χ3v) is 6.43. The minimum Gasteiger partial charge on any atom is -0.454 e. The highest BCUT2D eigenvalue weighted by molar-refractivity contribution is 5.80. The first-order valence-electron chi connectivity index (χ1n) is 10.9. The maximum Gasteiger partial charge on any atom is 0.247 e. The number of piperidine rings is 2. The highest BCUT2D eigenvalue weighted by Crippen LogP contribution is 2.36. The fourth-order valence-electron chi connectivity index (χ4n) is 4.62. The van der Waals surface area contributed by atoms with E-state index < -0.39 is 0 Å². The van der Waals surface area contributed by atoms with Crippen LogP contribution in [0.4, 0.5) is 0 Å². The molecule has 3 aliphatic heterocycles. The molecule has 0 radical (unpaired) electrons. The second kappa shape index (κ2) is 8.20. The number of amides is 2. The Morgan fingerprint density at radius 1 is 1.00 bits per heavy atom. The molecule has 2 saturated heterocycles. The maximum atomic E-state index is 13.1. The zero-order valence-electron chi connectivity index (χ0n) is 17.6. The number of carbonyl (C=O) groups is 2. The molecule has 0 spiro atoms. The van der Waals surface area contributed by atoms with Gasteiger partial charge in [-0.05, 0) is 43.9 Å². The molecule has 9 nitrogen and oxygen atoms in total. The van der Waals surface area contributed by atoms with E-state index in [0.717, 1.165) is 37.8 Å². The van der Waals surface area contributed by atoms with Gasteiger partial charge in [-0.25, -0.2) is 0 Å². The van der Waals surface area contributed by atoms with Gasteiger partial charge in [0.15, 0.2) is 11.5 Å². The summed E-state index contributed by atoms with van der Waals surface area (Å²) in [6.07, 6.45) is 3.28. The first-order valence-corrected chi connectivity index (χ1v) is 10.9. The summed E-state index contributed by atoms with van der Waals surface area (Å²) in [4.78, 5) is 28.4. The Kier molecular flexibility index (Phi) is 5.25. The highest BCUT2D eigenvalue weighted by atomic mass is 16.7. The zero-order chi connectivity index (χ0) is 21.4. The van der Waals surface area contributed by atoms with Gasteiger partial charge in [-0.15, -0.1) is 10.2 Å². The molecule has 0 bridgehead atoms. The van der Waals surface area contributed by atoms with Gasteiger partial charge in [-0.3, -0.25) is 9.59 Å². The van der Waals surface area contributed by atoms with Gasteiger partial charge in [0.05, 0.1) is 5.92 Å². The van der Waals surface area contributed by atoms with Gasteiger partial charge < -0.3 is 23.7 Å². The van der Waals surface area contributed by atoms with E-state index in [9.17, 15) is 9.59 Å². The van der Waals surface area contributed by atoms with Crippen LogP contribution in [0, 0.1) is 5.92 Å². The van der Waals surface area contributed by atoms with Crippen molar-refractivity contribution in [2.45, 2.75) is 38.5 Å². The van der Waals surface area contributed by atoms with Crippen molar-refractivity contribution in [2.24, 2.45) is 5.92 Å². The quantitative estimate of drug-likeness (QED) is 0.743. The molecule has 0 N–H and O–H groups in total. The van der Waals surface area contributed by atoms with Crippen LogP contribution in [0.3, 0.4) is 0 Å². The molecule has 2 amide bonds. The molecule has 1 aromatic heterocycles. The van der Waals surface area contributed by atoms with E-state index in [1.807, 2.05) is 28.0 Å². The highest BCUT2D eigenvalue weighted by Gasteiger charge is 2.34. The molecule has 0 saturated carbocycles. The van der Waals surface area contributed by atoms with Crippen molar-refractivity contribution in [1.82, 2.24) is 20.0 Å².